The van der Waals surface area contributed by atoms with Crippen molar-refractivity contribution in [3.05, 3.63) is 23.8 Å². The Hall–Kier alpha value is -1.71. The maximum absolute atomic E-state index is 11.2. The predicted molar refractivity (Wildman–Crippen MR) is 71.9 cm³/mol. The second-order valence-corrected chi connectivity index (χ2v) is 4.78. The molecule has 18 heavy (non-hydrogen) atoms. The fourth-order valence-electron chi connectivity index (χ4n) is 2.23. The number of nitrogens with one attached hydrogen (secondary N) is 1. The average Bonchev–Trinajstić information content (AvgIpc) is 3.19. The fraction of sp³-hybridized carbons (Fsp3) is 0.500. The highest BCUT2D eigenvalue weighted by atomic mass is 16.5. The summed E-state index contributed by atoms with van der Waals surface area (Å²) in [4.78, 5) is 11.2. The molecule has 0 spiro atoms. The number of carbonyl (C=O) groups excluding carboxylic acids is 1. The van der Waals surface area contributed by atoms with Gasteiger partial charge in [-0.25, -0.2) is 0 Å². The van der Waals surface area contributed by atoms with Crippen LogP contribution in [-0.4, -0.2) is 19.1 Å². The van der Waals surface area contributed by atoms with E-state index in [1.165, 1.54) is 12.8 Å². The summed E-state index contributed by atoms with van der Waals surface area (Å²) in [6.07, 6.45) is 3.63. The van der Waals surface area contributed by atoms with Gasteiger partial charge in [-0.05, 0) is 43.4 Å². The number of nitrogens with two attached hydrogens (primary N) is 1. The molecule has 1 aromatic rings. The van der Waals surface area contributed by atoms with Gasteiger partial charge in [0.15, 0.2) is 0 Å². The molecule has 1 aromatic carbocycles. The Morgan fingerprint density at radius 1 is 1.56 bits per heavy atom. The average molecular weight is 248 g/mol. The highest BCUT2D eigenvalue weighted by Crippen LogP contribution is 2.37. The van der Waals surface area contributed by atoms with Crippen LogP contribution in [0.1, 0.15) is 36.5 Å². The van der Waals surface area contributed by atoms with Gasteiger partial charge in [-0.2, -0.15) is 0 Å². The molecule has 1 aliphatic carbocycles. The molecule has 1 amide bonds. The molecule has 1 fully saturated rings. The van der Waals surface area contributed by atoms with Gasteiger partial charge < -0.3 is 15.8 Å². The van der Waals surface area contributed by atoms with Crippen molar-refractivity contribution < 1.29 is 9.53 Å². The molecule has 4 heteroatoms. The number of hydrogen-bond acceptors (Lipinski definition) is 3. The zero-order valence-electron chi connectivity index (χ0n) is 10.9. The predicted octanol–water partition coefficient (Wildman–Crippen LogP) is 2.39. The van der Waals surface area contributed by atoms with Crippen molar-refractivity contribution in [2.45, 2.75) is 32.2 Å². The molecule has 0 aromatic heterocycles. The van der Waals surface area contributed by atoms with E-state index >= 15 is 0 Å². The lowest BCUT2D eigenvalue weighted by atomic mass is 10.1. The van der Waals surface area contributed by atoms with Crippen molar-refractivity contribution in [3.8, 4) is 5.75 Å². The van der Waals surface area contributed by atoms with E-state index in [-0.39, 0.29) is 0 Å². The van der Waals surface area contributed by atoms with Crippen LogP contribution in [0.3, 0.4) is 0 Å². The molecule has 0 saturated heterocycles. The molecule has 3 N–H and O–H groups in total. The van der Waals surface area contributed by atoms with Crippen molar-refractivity contribution >= 4 is 11.6 Å². The minimum Gasteiger partial charge on any atom is -0.495 e. The third-order valence-corrected chi connectivity index (χ3v) is 3.46. The molecule has 0 radical (unpaired) electrons. The molecule has 4 nitrogen and oxygen atoms in total. The van der Waals surface area contributed by atoms with E-state index in [1.54, 1.807) is 25.3 Å². The number of methoxy groups -OCH3 is 1. The summed E-state index contributed by atoms with van der Waals surface area (Å²) in [7, 11) is 1.63. The van der Waals surface area contributed by atoms with Gasteiger partial charge in [0.05, 0.1) is 12.8 Å². The highest BCUT2D eigenvalue weighted by molar-refractivity contribution is 5.94. The van der Waals surface area contributed by atoms with Gasteiger partial charge in [-0.15, -0.1) is 0 Å². The normalized spacial score (nSPS) is 16.1. The summed E-state index contributed by atoms with van der Waals surface area (Å²) in [6, 6.07) is 5.68. The van der Waals surface area contributed by atoms with Gasteiger partial charge in [-0.1, -0.05) is 6.92 Å². The van der Waals surface area contributed by atoms with Gasteiger partial charge in [0, 0.05) is 11.6 Å². The summed E-state index contributed by atoms with van der Waals surface area (Å²) >= 11 is 0. The number of hydrogen-bond donors (Lipinski definition) is 2. The molecular weight excluding hydrogens is 228 g/mol. The summed E-state index contributed by atoms with van der Waals surface area (Å²) in [5.41, 5.74) is 6.66. The Balaban J connectivity index is 2.22. The topological polar surface area (TPSA) is 64.3 Å². The lowest BCUT2D eigenvalue weighted by molar-refractivity contribution is 0.100. The number of amides is 1. The van der Waals surface area contributed by atoms with Crippen molar-refractivity contribution in [1.82, 2.24) is 0 Å². The first-order valence-electron chi connectivity index (χ1n) is 6.40. The summed E-state index contributed by atoms with van der Waals surface area (Å²) < 4.78 is 5.31. The Kier molecular flexibility index (Phi) is 3.75. The number of rotatable bonds is 6. The number of carbonyl (C=O) groups is 1. The minimum atomic E-state index is -0.417. The van der Waals surface area contributed by atoms with E-state index in [4.69, 9.17) is 10.5 Å². The van der Waals surface area contributed by atoms with E-state index in [0.717, 1.165) is 23.8 Å². The SMILES string of the molecule is CCC(Nc1cc(C(N)=O)ccc1OC)C1CC1. The molecule has 2 rings (SSSR count). The molecule has 1 saturated carbocycles. The Bertz CT molecular complexity index is 441. The Morgan fingerprint density at radius 3 is 2.78 bits per heavy atom. The lowest BCUT2D eigenvalue weighted by Crippen LogP contribution is -2.21. The van der Waals surface area contributed by atoms with E-state index < -0.39 is 5.91 Å². The van der Waals surface area contributed by atoms with Crippen LogP contribution in [-0.2, 0) is 0 Å². The monoisotopic (exact) mass is 248 g/mol. The van der Waals surface area contributed by atoms with Crippen LogP contribution in [0.2, 0.25) is 0 Å². The fourth-order valence-corrected chi connectivity index (χ4v) is 2.23. The van der Waals surface area contributed by atoms with Gasteiger partial charge in [0.2, 0.25) is 5.91 Å². The van der Waals surface area contributed by atoms with E-state index in [2.05, 4.69) is 12.2 Å². The number of anilines is 1. The minimum absolute atomic E-state index is 0.417. The molecular formula is C14H20N2O2. The third-order valence-electron chi connectivity index (χ3n) is 3.46. The molecule has 0 aliphatic heterocycles. The van der Waals surface area contributed by atoms with Crippen LogP contribution in [0.15, 0.2) is 18.2 Å². The first-order chi connectivity index (χ1) is 8.65. The van der Waals surface area contributed by atoms with Gasteiger partial charge in [-0.3, -0.25) is 4.79 Å². The van der Waals surface area contributed by atoms with Gasteiger partial charge >= 0.3 is 0 Å². The Labute approximate surface area is 108 Å². The largest absolute Gasteiger partial charge is 0.495 e. The standard InChI is InChI=1S/C14H20N2O2/c1-3-11(9-4-5-9)16-12-8-10(14(15)17)6-7-13(12)18-2/h6-9,11,16H,3-5H2,1-2H3,(H2,15,17). The van der Waals surface area contributed by atoms with Gasteiger partial charge in [0.1, 0.15) is 5.75 Å². The molecule has 0 bridgehead atoms. The molecule has 1 atom stereocenters. The van der Waals surface area contributed by atoms with Crippen molar-refractivity contribution in [3.63, 3.8) is 0 Å². The van der Waals surface area contributed by atoms with E-state index in [0.29, 0.717) is 11.6 Å². The number of benzene rings is 1. The quantitative estimate of drug-likeness (QED) is 0.812. The Morgan fingerprint density at radius 2 is 2.28 bits per heavy atom. The van der Waals surface area contributed by atoms with E-state index in [9.17, 15) is 4.79 Å². The van der Waals surface area contributed by atoms with Crippen LogP contribution < -0.4 is 15.8 Å². The zero-order chi connectivity index (χ0) is 13.1. The second kappa shape index (κ2) is 5.29. The third kappa shape index (κ3) is 2.75. The first kappa shape index (κ1) is 12.7. The molecule has 98 valence electrons. The maximum Gasteiger partial charge on any atom is 0.248 e. The molecule has 0 heterocycles. The maximum atomic E-state index is 11.2. The van der Waals surface area contributed by atoms with Crippen LogP contribution in [0.4, 0.5) is 5.69 Å². The zero-order valence-corrected chi connectivity index (χ0v) is 10.9. The summed E-state index contributed by atoms with van der Waals surface area (Å²) in [5.74, 6) is 1.08. The molecule has 1 aliphatic rings. The molecule has 1 unspecified atom stereocenters. The smallest absolute Gasteiger partial charge is 0.248 e. The van der Waals surface area contributed by atoms with Crippen LogP contribution in [0, 0.1) is 5.92 Å². The van der Waals surface area contributed by atoms with Crippen molar-refractivity contribution in [2.75, 3.05) is 12.4 Å². The number of primary amides is 1. The van der Waals surface area contributed by atoms with Crippen LogP contribution in [0.25, 0.3) is 0 Å². The van der Waals surface area contributed by atoms with E-state index in [1.807, 2.05) is 0 Å². The first-order valence-corrected chi connectivity index (χ1v) is 6.40. The summed E-state index contributed by atoms with van der Waals surface area (Å²) in [6.45, 7) is 2.17. The number of ether oxygens (including phenoxy) is 1. The van der Waals surface area contributed by atoms with Crippen LogP contribution in [0.5, 0.6) is 5.75 Å². The van der Waals surface area contributed by atoms with Crippen LogP contribution >= 0.6 is 0 Å². The van der Waals surface area contributed by atoms with Crippen molar-refractivity contribution in [1.29, 1.82) is 0 Å². The highest BCUT2D eigenvalue weighted by Gasteiger charge is 2.30. The lowest BCUT2D eigenvalue weighted by Gasteiger charge is -2.20. The van der Waals surface area contributed by atoms with Gasteiger partial charge in [0.25, 0.3) is 0 Å². The van der Waals surface area contributed by atoms with Crippen molar-refractivity contribution in [2.24, 2.45) is 11.7 Å². The second-order valence-electron chi connectivity index (χ2n) is 4.78. The summed E-state index contributed by atoms with van der Waals surface area (Å²) in [5, 5.41) is 3.47.